The van der Waals surface area contributed by atoms with Crippen molar-refractivity contribution in [3.05, 3.63) is 28.8 Å². The van der Waals surface area contributed by atoms with E-state index in [1.807, 2.05) is 12.1 Å². The predicted octanol–water partition coefficient (Wildman–Crippen LogP) is 4.20. The van der Waals surface area contributed by atoms with Crippen LogP contribution in [0, 0.1) is 17.2 Å². The van der Waals surface area contributed by atoms with Crippen LogP contribution in [-0.4, -0.2) is 6.54 Å². The largest absolute Gasteiger partial charge is 0.385 e. The summed E-state index contributed by atoms with van der Waals surface area (Å²) in [6.45, 7) is 1.01. The molecule has 1 aliphatic rings. The highest BCUT2D eigenvalue weighted by atomic mass is 35.5. The van der Waals surface area contributed by atoms with E-state index in [0.717, 1.165) is 18.2 Å². The zero-order valence-corrected chi connectivity index (χ0v) is 10.6. The van der Waals surface area contributed by atoms with Gasteiger partial charge in [-0.3, -0.25) is 0 Å². The van der Waals surface area contributed by atoms with Gasteiger partial charge < -0.3 is 5.32 Å². The standard InChI is InChI=1S/C14H17ClN2/c15-14-7-6-13(8-12(14)9-16)17-10-11-4-2-1-3-5-11/h6-8,11,17H,1-5,10H2. The Morgan fingerprint density at radius 2 is 2.06 bits per heavy atom. The first kappa shape index (κ1) is 12.3. The van der Waals surface area contributed by atoms with E-state index in [4.69, 9.17) is 16.9 Å². The highest BCUT2D eigenvalue weighted by molar-refractivity contribution is 6.31. The molecule has 1 aromatic carbocycles. The fourth-order valence-electron chi connectivity index (χ4n) is 2.37. The third-order valence-corrected chi connectivity index (χ3v) is 3.74. The number of hydrogen-bond acceptors (Lipinski definition) is 2. The van der Waals surface area contributed by atoms with Gasteiger partial charge in [-0.1, -0.05) is 30.9 Å². The molecule has 0 spiro atoms. The summed E-state index contributed by atoms with van der Waals surface area (Å²) in [5, 5.41) is 12.8. The number of benzene rings is 1. The summed E-state index contributed by atoms with van der Waals surface area (Å²) < 4.78 is 0. The number of rotatable bonds is 3. The first-order valence-electron chi connectivity index (χ1n) is 6.23. The van der Waals surface area contributed by atoms with E-state index < -0.39 is 0 Å². The molecule has 1 aromatic rings. The summed E-state index contributed by atoms with van der Waals surface area (Å²) in [6.07, 6.45) is 6.75. The van der Waals surface area contributed by atoms with E-state index in [2.05, 4.69) is 11.4 Å². The van der Waals surface area contributed by atoms with E-state index in [1.54, 1.807) is 6.07 Å². The van der Waals surface area contributed by atoms with E-state index in [1.165, 1.54) is 32.1 Å². The van der Waals surface area contributed by atoms with Gasteiger partial charge in [-0.05, 0) is 37.0 Å². The monoisotopic (exact) mass is 248 g/mol. The molecule has 0 amide bonds. The Hall–Kier alpha value is -1.20. The maximum atomic E-state index is 8.90. The SMILES string of the molecule is N#Cc1cc(NCC2CCCCC2)ccc1Cl. The fraction of sp³-hybridized carbons (Fsp3) is 0.500. The van der Waals surface area contributed by atoms with Crippen molar-refractivity contribution in [1.29, 1.82) is 5.26 Å². The number of nitrogens with zero attached hydrogens (tertiary/aromatic N) is 1. The van der Waals surface area contributed by atoms with E-state index in [0.29, 0.717) is 10.6 Å². The fourth-order valence-corrected chi connectivity index (χ4v) is 2.53. The number of hydrogen-bond donors (Lipinski definition) is 1. The molecule has 1 fully saturated rings. The number of nitrogens with one attached hydrogen (secondary N) is 1. The third-order valence-electron chi connectivity index (χ3n) is 3.41. The topological polar surface area (TPSA) is 35.8 Å². The Morgan fingerprint density at radius 1 is 1.29 bits per heavy atom. The average Bonchev–Trinajstić information content (AvgIpc) is 2.39. The molecular weight excluding hydrogens is 232 g/mol. The molecule has 0 atom stereocenters. The molecular formula is C14H17ClN2. The average molecular weight is 249 g/mol. The van der Waals surface area contributed by atoms with Crippen molar-refractivity contribution in [3.63, 3.8) is 0 Å². The van der Waals surface area contributed by atoms with Crippen LogP contribution < -0.4 is 5.32 Å². The van der Waals surface area contributed by atoms with E-state index in [-0.39, 0.29) is 0 Å². The molecule has 2 nitrogen and oxygen atoms in total. The first-order valence-corrected chi connectivity index (χ1v) is 6.61. The Kier molecular flexibility index (Phi) is 4.28. The molecule has 0 radical (unpaired) electrons. The summed E-state index contributed by atoms with van der Waals surface area (Å²) in [5.74, 6) is 0.782. The molecule has 1 N–H and O–H groups in total. The Morgan fingerprint density at radius 3 is 2.76 bits per heavy atom. The van der Waals surface area contributed by atoms with Crippen LogP contribution in [0.1, 0.15) is 37.7 Å². The highest BCUT2D eigenvalue weighted by Crippen LogP contribution is 2.25. The second-order valence-electron chi connectivity index (χ2n) is 4.69. The van der Waals surface area contributed by atoms with Crippen molar-refractivity contribution < 1.29 is 0 Å². The molecule has 3 heteroatoms. The van der Waals surface area contributed by atoms with Crippen LogP contribution in [0.3, 0.4) is 0 Å². The van der Waals surface area contributed by atoms with Crippen molar-refractivity contribution in [1.82, 2.24) is 0 Å². The van der Waals surface area contributed by atoms with Crippen LogP contribution in [0.5, 0.6) is 0 Å². The van der Waals surface area contributed by atoms with Gasteiger partial charge in [0.2, 0.25) is 0 Å². The van der Waals surface area contributed by atoms with Crippen LogP contribution in [0.25, 0.3) is 0 Å². The molecule has 0 aromatic heterocycles. The van der Waals surface area contributed by atoms with E-state index >= 15 is 0 Å². The van der Waals surface area contributed by atoms with Crippen molar-refractivity contribution >= 4 is 17.3 Å². The molecule has 17 heavy (non-hydrogen) atoms. The van der Waals surface area contributed by atoms with Crippen LogP contribution in [-0.2, 0) is 0 Å². The second kappa shape index (κ2) is 5.93. The molecule has 1 saturated carbocycles. The summed E-state index contributed by atoms with van der Waals surface area (Å²) in [5.41, 5.74) is 1.54. The summed E-state index contributed by atoms with van der Waals surface area (Å²) >= 11 is 5.89. The molecule has 0 heterocycles. The van der Waals surface area contributed by atoms with Gasteiger partial charge in [-0.15, -0.1) is 0 Å². The number of nitriles is 1. The van der Waals surface area contributed by atoms with Crippen LogP contribution in [0.4, 0.5) is 5.69 Å². The van der Waals surface area contributed by atoms with Crippen molar-refractivity contribution in [2.75, 3.05) is 11.9 Å². The van der Waals surface area contributed by atoms with Crippen molar-refractivity contribution in [3.8, 4) is 6.07 Å². The minimum atomic E-state index is 0.524. The summed E-state index contributed by atoms with van der Waals surface area (Å²) in [6, 6.07) is 7.64. The molecule has 0 bridgehead atoms. The normalized spacial score (nSPS) is 16.5. The molecule has 0 unspecified atom stereocenters. The maximum absolute atomic E-state index is 8.90. The minimum absolute atomic E-state index is 0.524. The smallest absolute Gasteiger partial charge is 0.101 e. The van der Waals surface area contributed by atoms with Crippen LogP contribution in [0.15, 0.2) is 18.2 Å². The first-order chi connectivity index (χ1) is 8.29. The number of halogens is 1. The van der Waals surface area contributed by atoms with Gasteiger partial charge in [0.15, 0.2) is 0 Å². The van der Waals surface area contributed by atoms with Crippen molar-refractivity contribution in [2.45, 2.75) is 32.1 Å². The van der Waals surface area contributed by atoms with Gasteiger partial charge in [-0.25, -0.2) is 0 Å². The third kappa shape index (κ3) is 3.38. The molecule has 0 saturated heterocycles. The van der Waals surface area contributed by atoms with Gasteiger partial charge >= 0.3 is 0 Å². The van der Waals surface area contributed by atoms with Crippen LogP contribution >= 0.6 is 11.6 Å². The van der Waals surface area contributed by atoms with Crippen molar-refractivity contribution in [2.24, 2.45) is 5.92 Å². The zero-order valence-electron chi connectivity index (χ0n) is 9.88. The lowest BCUT2D eigenvalue weighted by molar-refractivity contribution is 0.373. The van der Waals surface area contributed by atoms with Gasteiger partial charge in [0.1, 0.15) is 6.07 Å². The quantitative estimate of drug-likeness (QED) is 0.870. The minimum Gasteiger partial charge on any atom is -0.385 e. The Balaban J connectivity index is 1.92. The summed E-state index contributed by atoms with van der Waals surface area (Å²) in [4.78, 5) is 0. The second-order valence-corrected chi connectivity index (χ2v) is 5.10. The predicted molar refractivity (Wildman–Crippen MR) is 71.2 cm³/mol. The van der Waals surface area contributed by atoms with E-state index in [9.17, 15) is 0 Å². The number of anilines is 1. The molecule has 0 aliphatic heterocycles. The molecule has 2 rings (SSSR count). The van der Waals surface area contributed by atoms with Gasteiger partial charge in [0.05, 0.1) is 10.6 Å². The highest BCUT2D eigenvalue weighted by Gasteiger charge is 2.12. The van der Waals surface area contributed by atoms with Crippen LogP contribution in [0.2, 0.25) is 5.02 Å². The van der Waals surface area contributed by atoms with Gasteiger partial charge in [0.25, 0.3) is 0 Å². The zero-order chi connectivity index (χ0) is 12.1. The lowest BCUT2D eigenvalue weighted by Crippen LogP contribution is -2.17. The summed E-state index contributed by atoms with van der Waals surface area (Å²) in [7, 11) is 0. The lowest BCUT2D eigenvalue weighted by atomic mass is 9.89. The van der Waals surface area contributed by atoms with Gasteiger partial charge in [0, 0.05) is 12.2 Å². The molecule has 90 valence electrons. The Bertz CT molecular complexity index is 417. The maximum Gasteiger partial charge on any atom is 0.101 e. The Labute approximate surface area is 108 Å². The van der Waals surface area contributed by atoms with Gasteiger partial charge in [-0.2, -0.15) is 5.26 Å². The lowest BCUT2D eigenvalue weighted by Gasteiger charge is -2.22. The molecule has 1 aliphatic carbocycles.